The second-order valence-corrected chi connectivity index (χ2v) is 5.97. The molecule has 1 aliphatic rings. The maximum absolute atomic E-state index is 13.1. The van der Waals surface area contributed by atoms with Crippen LogP contribution in [0, 0.1) is 11.7 Å². The lowest BCUT2D eigenvalue weighted by molar-refractivity contribution is 0.533. The van der Waals surface area contributed by atoms with Gasteiger partial charge in [-0.15, -0.1) is 0 Å². The van der Waals surface area contributed by atoms with E-state index < -0.39 is 0 Å². The van der Waals surface area contributed by atoms with E-state index in [1.165, 1.54) is 18.3 Å². The highest BCUT2D eigenvalue weighted by atomic mass is 19.1. The van der Waals surface area contributed by atoms with Gasteiger partial charge in [-0.1, -0.05) is 6.92 Å². The van der Waals surface area contributed by atoms with Crippen molar-refractivity contribution in [3.05, 3.63) is 52.5 Å². The number of rotatable bonds is 2. The minimum Gasteiger partial charge on any atom is -0.316 e. The molecule has 0 saturated carbocycles. The molecule has 2 atom stereocenters. The van der Waals surface area contributed by atoms with Crippen molar-refractivity contribution in [2.75, 3.05) is 13.1 Å². The Morgan fingerprint density at radius 2 is 2.04 bits per heavy atom. The van der Waals surface area contributed by atoms with Crippen molar-refractivity contribution in [2.24, 2.45) is 5.92 Å². The first-order valence-corrected chi connectivity index (χ1v) is 7.58. The SMILES string of the molecule is CC1CNCC1c1nn2c(-c3ccc(F)cc3)ncc2c(=O)[nH]1. The van der Waals surface area contributed by atoms with Gasteiger partial charge in [-0.05, 0) is 36.7 Å². The predicted octanol–water partition coefficient (Wildman–Crippen LogP) is 1.55. The molecule has 0 amide bonds. The van der Waals surface area contributed by atoms with Crippen molar-refractivity contribution in [1.29, 1.82) is 0 Å². The molecule has 0 bridgehead atoms. The van der Waals surface area contributed by atoms with E-state index in [4.69, 9.17) is 0 Å². The molecule has 2 unspecified atom stereocenters. The maximum Gasteiger partial charge on any atom is 0.276 e. The molecule has 0 spiro atoms. The average Bonchev–Trinajstić information content (AvgIpc) is 3.14. The Balaban J connectivity index is 1.88. The average molecular weight is 313 g/mol. The number of hydrogen-bond donors (Lipinski definition) is 2. The van der Waals surface area contributed by atoms with Gasteiger partial charge in [0.25, 0.3) is 5.56 Å². The van der Waals surface area contributed by atoms with Crippen LogP contribution in [0.5, 0.6) is 0 Å². The number of hydrogen-bond acceptors (Lipinski definition) is 4. The number of aromatic nitrogens is 4. The largest absolute Gasteiger partial charge is 0.316 e. The lowest BCUT2D eigenvalue weighted by atomic mass is 9.97. The van der Waals surface area contributed by atoms with Gasteiger partial charge in [0.05, 0.1) is 6.20 Å². The third kappa shape index (κ3) is 2.33. The summed E-state index contributed by atoms with van der Waals surface area (Å²) in [6, 6.07) is 6.00. The first kappa shape index (κ1) is 14.1. The number of aromatic amines is 1. The highest BCUT2D eigenvalue weighted by molar-refractivity contribution is 5.60. The lowest BCUT2D eigenvalue weighted by Crippen LogP contribution is -2.21. The fraction of sp³-hybridized carbons (Fsp3) is 0.312. The van der Waals surface area contributed by atoms with Gasteiger partial charge < -0.3 is 10.3 Å². The quantitative estimate of drug-likeness (QED) is 0.753. The van der Waals surface area contributed by atoms with Crippen LogP contribution >= 0.6 is 0 Å². The zero-order valence-electron chi connectivity index (χ0n) is 12.6. The number of benzene rings is 1. The first-order valence-electron chi connectivity index (χ1n) is 7.58. The number of imidazole rings is 1. The van der Waals surface area contributed by atoms with Crippen molar-refractivity contribution in [3.63, 3.8) is 0 Å². The Morgan fingerprint density at radius 1 is 1.26 bits per heavy atom. The summed E-state index contributed by atoms with van der Waals surface area (Å²) >= 11 is 0. The van der Waals surface area contributed by atoms with Crippen molar-refractivity contribution in [3.8, 4) is 11.4 Å². The second-order valence-electron chi connectivity index (χ2n) is 5.97. The molecule has 1 aromatic carbocycles. The van der Waals surface area contributed by atoms with Crippen LogP contribution in [0.1, 0.15) is 18.7 Å². The van der Waals surface area contributed by atoms with Crippen molar-refractivity contribution in [2.45, 2.75) is 12.8 Å². The van der Waals surface area contributed by atoms with Crippen molar-refractivity contribution < 1.29 is 4.39 Å². The van der Waals surface area contributed by atoms with E-state index in [0.29, 0.717) is 28.6 Å². The topological polar surface area (TPSA) is 75.1 Å². The summed E-state index contributed by atoms with van der Waals surface area (Å²) < 4.78 is 14.7. The van der Waals surface area contributed by atoms with E-state index >= 15 is 0 Å². The second kappa shape index (κ2) is 5.27. The molecular weight excluding hydrogens is 297 g/mol. The Kier molecular flexibility index (Phi) is 3.23. The highest BCUT2D eigenvalue weighted by Crippen LogP contribution is 2.25. The van der Waals surface area contributed by atoms with E-state index in [0.717, 1.165) is 13.1 Å². The van der Waals surface area contributed by atoms with Gasteiger partial charge in [0.15, 0.2) is 11.3 Å². The molecule has 0 aliphatic carbocycles. The van der Waals surface area contributed by atoms with Crippen LogP contribution in [-0.4, -0.2) is 32.7 Å². The smallest absolute Gasteiger partial charge is 0.276 e. The third-order valence-electron chi connectivity index (χ3n) is 4.39. The molecule has 4 rings (SSSR count). The van der Waals surface area contributed by atoms with Crippen LogP contribution in [0.3, 0.4) is 0 Å². The molecule has 3 heterocycles. The highest BCUT2D eigenvalue weighted by Gasteiger charge is 2.27. The molecule has 2 aromatic heterocycles. The molecule has 23 heavy (non-hydrogen) atoms. The molecule has 2 N–H and O–H groups in total. The van der Waals surface area contributed by atoms with E-state index in [-0.39, 0.29) is 17.3 Å². The molecular formula is C16H16FN5O. The molecule has 118 valence electrons. The van der Waals surface area contributed by atoms with E-state index in [2.05, 4.69) is 27.3 Å². The van der Waals surface area contributed by atoms with Crippen LogP contribution in [0.15, 0.2) is 35.3 Å². The molecule has 1 saturated heterocycles. The lowest BCUT2D eigenvalue weighted by Gasteiger charge is -2.13. The molecule has 1 aliphatic heterocycles. The van der Waals surface area contributed by atoms with Gasteiger partial charge in [0.1, 0.15) is 11.6 Å². The van der Waals surface area contributed by atoms with Crippen molar-refractivity contribution in [1.82, 2.24) is 24.9 Å². The van der Waals surface area contributed by atoms with Gasteiger partial charge in [-0.2, -0.15) is 5.10 Å². The van der Waals surface area contributed by atoms with Crippen LogP contribution in [0.2, 0.25) is 0 Å². The van der Waals surface area contributed by atoms with Gasteiger partial charge in [0.2, 0.25) is 0 Å². The first-order chi connectivity index (χ1) is 11.1. The number of nitrogens with zero attached hydrogens (tertiary/aromatic N) is 3. The molecule has 3 aromatic rings. The summed E-state index contributed by atoms with van der Waals surface area (Å²) in [6.45, 7) is 3.82. The zero-order chi connectivity index (χ0) is 16.0. The van der Waals surface area contributed by atoms with Gasteiger partial charge >= 0.3 is 0 Å². The Labute approximate surface area is 131 Å². The number of H-pyrrole nitrogens is 1. The fourth-order valence-corrected chi connectivity index (χ4v) is 3.05. The number of halogens is 1. The minimum absolute atomic E-state index is 0.163. The Morgan fingerprint density at radius 3 is 2.74 bits per heavy atom. The van der Waals surface area contributed by atoms with E-state index in [1.807, 2.05) is 0 Å². The third-order valence-corrected chi connectivity index (χ3v) is 4.39. The number of nitrogens with one attached hydrogen (secondary N) is 2. The van der Waals surface area contributed by atoms with E-state index in [1.54, 1.807) is 16.6 Å². The standard InChI is InChI=1S/C16H16FN5O/c1-9-6-18-7-12(9)14-20-16(23)13-8-19-15(22(13)21-14)10-2-4-11(17)5-3-10/h2-5,8-9,12,18H,6-7H2,1H3,(H,20,21,23). The maximum atomic E-state index is 13.1. The van der Waals surface area contributed by atoms with Crippen LogP contribution in [0.25, 0.3) is 16.9 Å². The summed E-state index contributed by atoms with van der Waals surface area (Å²) in [5.74, 6) is 1.43. The fourth-order valence-electron chi connectivity index (χ4n) is 3.05. The van der Waals surface area contributed by atoms with Crippen LogP contribution in [-0.2, 0) is 0 Å². The summed E-state index contributed by atoms with van der Waals surface area (Å²) in [5.41, 5.74) is 0.884. The number of fused-ring (bicyclic) bond motifs is 1. The molecule has 1 fully saturated rings. The molecule has 0 radical (unpaired) electrons. The van der Waals surface area contributed by atoms with Crippen molar-refractivity contribution >= 4 is 5.52 Å². The zero-order valence-corrected chi connectivity index (χ0v) is 12.6. The Hall–Kier alpha value is -2.54. The van der Waals surface area contributed by atoms with Gasteiger partial charge in [-0.25, -0.2) is 13.9 Å². The van der Waals surface area contributed by atoms with Crippen LogP contribution in [0.4, 0.5) is 4.39 Å². The monoisotopic (exact) mass is 313 g/mol. The summed E-state index contributed by atoms with van der Waals surface area (Å²) in [6.07, 6.45) is 1.49. The van der Waals surface area contributed by atoms with Crippen LogP contribution < -0.4 is 10.9 Å². The minimum atomic E-state index is -0.313. The summed E-state index contributed by atoms with van der Waals surface area (Å²) in [4.78, 5) is 19.5. The predicted molar refractivity (Wildman–Crippen MR) is 83.8 cm³/mol. The summed E-state index contributed by atoms with van der Waals surface area (Å²) in [7, 11) is 0. The van der Waals surface area contributed by atoms with Gasteiger partial charge in [0, 0.05) is 18.0 Å². The van der Waals surface area contributed by atoms with E-state index in [9.17, 15) is 9.18 Å². The Bertz CT molecular complexity index is 914. The molecule has 7 heteroatoms. The molecule has 6 nitrogen and oxygen atoms in total. The van der Waals surface area contributed by atoms with Gasteiger partial charge in [-0.3, -0.25) is 4.79 Å². The summed E-state index contributed by atoms with van der Waals surface area (Å²) in [5, 5.41) is 7.90. The normalized spacial score (nSPS) is 21.1.